The summed E-state index contributed by atoms with van der Waals surface area (Å²) in [6, 6.07) is 5.86. The molecule has 1 unspecified atom stereocenters. The molecule has 2 N–H and O–H groups in total. The first-order valence-corrected chi connectivity index (χ1v) is 9.35. The zero-order valence-corrected chi connectivity index (χ0v) is 15.9. The highest BCUT2D eigenvalue weighted by molar-refractivity contribution is 7.13. The smallest absolute Gasteiger partial charge is 0.226 e. The van der Waals surface area contributed by atoms with E-state index in [1.54, 1.807) is 0 Å². The molecule has 7 nitrogen and oxygen atoms in total. The number of fused-ring (bicyclic) bond motifs is 1. The SMILES string of the molecule is Cc1ccc2c(c1)OC(C)(C)CC2NC(=O)CCC(=O)Nc1nncs1. The number of anilines is 1. The van der Waals surface area contributed by atoms with Crippen molar-refractivity contribution in [2.24, 2.45) is 0 Å². The molecule has 0 saturated heterocycles. The summed E-state index contributed by atoms with van der Waals surface area (Å²) in [4.78, 5) is 24.2. The number of carbonyl (C=O) groups is 2. The molecule has 0 saturated carbocycles. The van der Waals surface area contributed by atoms with E-state index in [9.17, 15) is 9.59 Å². The van der Waals surface area contributed by atoms with Gasteiger partial charge < -0.3 is 15.4 Å². The highest BCUT2D eigenvalue weighted by Gasteiger charge is 2.34. The van der Waals surface area contributed by atoms with Crippen molar-refractivity contribution in [3.8, 4) is 5.75 Å². The first-order chi connectivity index (χ1) is 12.3. The van der Waals surface area contributed by atoms with E-state index in [1.807, 2.05) is 39.0 Å². The van der Waals surface area contributed by atoms with Crippen molar-refractivity contribution in [3.05, 3.63) is 34.8 Å². The molecule has 1 atom stereocenters. The van der Waals surface area contributed by atoms with Gasteiger partial charge in [-0.05, 0) is 32.4 Å². The van der Waals surface area contributed by atoms with Gasteiger partial charge in [0.05, 0.1) is 6.04 Å². The maximum absolute atomic E-state index is 12.3. The summed E-state index contributed by atoms with van der Waals surface area (Å²) >= 11 is 1.24. The molecule has 8 heteroatoms. The maximum Gasteiger partial charge on any atom is 0.226 e. The van der Waals surface area contributed by atoms with Gasteiger partial charge in [0.15, 0.2) is 0 Å². The number of benzene rings is 1. The van der Waals surface area contributed by atoms with Gasteiger partial charge in [0.2, 0.25) is 16.9 Å². The van der Waals surface area contributed by atoms with Crippen LogP contribution >= 0.6 is 11.3 Å². The van der Waals surface area contributed by atoms with Crippen LogP contribution in [0.4, 0.5) is 5.13 Å². The third-order valence-electron chi connectivity index (χ3n) is 4.15. The highest BCUT2D eigenvalue weighted by atomic mass is 32.1. The van der Waals surface area contributed by atoms with Gasteiger partial charge in [-0.1, -0.05) is 23.5 Å². The first kappa shape index (κ1) is 18.3. The molecule has 1 aliphatic rings. The lowest BCUT2D eigenvalue weighted by Gasteiger charge is -2.38. The van der Waals surface area contributed by atoms with E-state index in [2.05, 4.69) is 20.8 Å². The Morgan fingerprint density at radius 3 is 2.81 bits per heavy atom. The summed E-state index contributed by atoms with van der Waals surface area (Å²) in [5.41, 5.74) is 3.25. The van der Waals surface area contributed by atoms with Crippen LogP contribution in [-0.4, -0.2) is 27.6 Å². The minimum absolute atomic E-state index is 0.0960. The van der Waals surface area contributed by atoms with Crippen LogP contribution in [-0.2, 0) is 9.59 Å². The van der Waals surface area contributed by atoms with E-state index >= 15 is 0 Å². The summed E-state index contributed by atoms with van der Waals surface area (Å²) in [6.45, 7) is 6.02. The Morgan fingerprint density at radius 2 is 2.08 bits per heavy atom. The van der Waals surface area contributed by atoms with Crippen molar-refractivity contribution in [2.75, 3.05) is 5.32 Å². The van der Waals surface area contributed by atoms with Crippen LogP contribution in [0.3, 0.4) is 0 Å². The third kappa shape index (κ3) is 4.57. The summed E-state index contributed by atoms with van der Waals surface area (Å²) < 4.78 is 6.04. The van der Waals surface area contributed by atoms with Crippen molar-refractivity contribution in [2.45, 2.75) is 51.7 Å². The molecule has 2 heterocycles. The van der Waals surface area contributed by atoms with Gasteiger partial charge in [-0.25, -0.2) is 0 Å². The number of ether oxygens (including phenoxy) is 1. The van der Waals surface area contributed by atoms with Crippen molar-refractivity contribution < 1.29 is 14.3 Å². The molecule has 3 rings (SSSR count). The lowest BCUT2D eigenvalue weighted by Crippen LogP contribution is -2.41. The van der Waals surface area contributed by atoms with Gasteiger partial charge in [0, 0.05) is 24.8 Å². The van der Waals surface area contributed by atoms with E-state index < -0.39 is 0 Å². The van der Waals surface area contributed by atoms with E-state index in [-0.39, 0.29) is 36.3 Å². The maximum atomic E-state index is 12.3. The van der Waals surface area contributed by atoms with E-state index in [0.29, 0.717) is 11.6 Å². The predicted octanol–water partition coefficient (Wildman–Crippen LogP) is 2.98. The third-order valence-corrected chi connectivity index (χ3v) is 4.75. The van der Waals surface area contributed by atoms with Crippen LogP contribution in [0, 0.1) is 6.92 Å². The molecule has 0 spiro atoms. The molecule has 0 fully saturated rings. The Bertz CT molecular complexity index is 805. The van der Waals surface area contributed by atoms with Crippen LogP contribution in [0.25, 0.3) is 0 Å². The molecular weight excluding hydrogens is 352 g/mol. The standard InChI is InChI=1S/C18H22N4O3S/c1-11-4-5-12-13(9-18(2,3)25-14(12)8-11)20-15(23)6-7-16(24)21-17-22-19-10-26-17/h4-5,8,10,13H,6-7,9H2,1-3H3,(H,20,23)(H,21,22,24). The van der Waals surface area contributed by atoms with Crippen LogP contribution in [0.1, 0.15) is 50.3 Å². The fraction of sp³-hybridized carbons (Fsp3) is 0.444. The van der Waals surface area contributed by atoms with Crippen LogP contribution in [0.5, 0.6) is 5.75 Å². The molecule has 2 aromatic rings. The second-order valence-electron chi connectivity index (χ2n) is 7.02. The zero-order chi connectivity index (χ0) is 18.7. The molecule has 1 aromatic carbocycles. The lowest BCUT2D eigenvalue weighted by molar-refractivity contribution is -0.125. The van der Waals surface area contributed by atoms with Crippen LogP contribution in [0.15, 0.2) is 23.7 Å². The van der Waals surface area contributed by atoms with Crippen LogP contribution in [0.2, 0.25) is 0 Å². The molecule has 1 aliphatic heterocycles. The van der Waals surface area contributed by atoms with Gasteiger partial charge in [-0.3, -0.25) is 9.59 Å². The van der Waals surface area contributed by atoms with Gasteiger partial charge >= 0.3 is 0 Å². The Labute approximate surface area is 156 Å². The van der Waals surface area contributed by atoms with E-state index in [1.165, 1.54) is 16.8 Å². The monoisotopic (exact) mass is 374 g/mol. The normalized spacial score (nSPS) is 17.7. The number of carbonyl (C=O) groups excluding carboxylic acids is 2. The fourth-order valence-corrected chi connectivity index (χ4v) is 3.45. The lowest BCUT2D eigenvalue weighted by atomic mass is 9.89. The van der Waals surface area contributed by atoms with Crippen molar-refractivity contribution in [1.82, 2.24) is 15.5 Å². The average Bonchev–Trinajstić information content (AvgIpc) is 3.04. The summed E-state index contributed by atoms with van der Waals surface area (Å²) in [7, 11) is 0. The second kappa shape index (κ2) is 7.41. The van der Waals surface area contributed by atoms with E-state index in [0.717, 1.165) is 16.9 Å². The fourth-order valence-electron chi connectivity index (χ4n) is 2.99. The van der Waals surface area contributed by atoms with Gasteiger partial charge in [-0.15, -0.1) is 10.2 Å². The molecule has 2 amide bonds. The summed E-state index contributed by atoms with van der Waals surface area (Å²) in [5.74, 6) is 0.396. The molecule has 0 radical (unpaired) electrons. The molecule has 0 aliphatic carbocycles. The van der Waals surface area contributed by atoms with Crippen molar-refractivity contribution in [3.63, 3.8) is 0 Å². The Kier molecular flexibility index (Phi) is 5.22. The van der Waals surface area contributed by atoms with Crippen LogP contribution < -0.4 is 15.4 Å². The molecular formula is C18H22N4O3S. The first-order valence-electron chi connectivity index (χ1n) is 8.47. The number of aryl methyl sites for hydroxylation is 1. The Morgan fingerprint density at radius 1 is 1.31 bits per heavy atom. The summed E-state index contributed by atoms with van der Waals surface area (Å²) in [5, 5.41) is 13.5. The number of nitrogens with zero attached hydrogens (tertiary/aromatic N) is 2. The molecule has 1 aromatic heterocycles. The number of hydrogen-bond acceptors (Lipinski definition) is 6. The minimum Gasteiger partial charge on any atom is -0.487 e. The largest absolute Gasteiger partial charge is 0.487 e. The quantitative estimate of drug-likeness (QED) is 0.839. The summed E-state index contributed by atoms with van der Waals surface area (Å²) in [6.07, 6.45) is 0.883. The minimum atomic E-state index is -0.367. The van der Waals surface area contributed by atoms with Gasteiger partial charge in [0.1, 0.15) is 16.9 Å². The van der Waals surface area contributed by atoms with E-state index in [4.69, 9.17) is 4.74 Å². The van der Waals surface area contributed by atoms with Crippen molar-refractivity contribution >= 4 is 28.3 Å². The molecule has 0 bridgehead atoms. The number of amides is 2. The average molecular weight is 374 g/mol. The number of hydrogen-bond donors (Lipinski definition) is 2. The topological polar surface area (TPSA) is 93.2 Å². The molecule has 26 heavy (non-hydrogen) atoms. The number of rotatable bonds is 5. The number of aromatic nitrogens is 2. The second-order valence-corrected chi connectivity index (χ2v) is 7.85. The predicted molar refractivity (Wildman–Crippen MR) is 99.2 cm³/mol. The highest BCUT2D eigenvalue weighted by Crippen LogP contribution is 2.39. The Balaban J connectivity index is 1.59. The Hall–Kier alpha value is -2.48. The van der Waals surface area contributed by atoms with Gasteiger partial charge in [-0.2, -0.15) is 0 Å². The number of nitrogens with one attached hydrogen (secondary N) is 2. The van der Waals surface area contributed by atoms with Crippen molar-refractivity contribution in [1.29, 1.82) is 0 Å². The zero-order valence-electron chi connectivity index (χ0n) is 15.0. The molecule has 138 valence electrons. The van der Waals surface area contributed by atoms with Gasteiger partial charge in [0.25, 0.3) is 0 Å².